The summed E-state index contributed by atoms with van der Waals surface area (Å²) in [7, 11) is 0. The normalized spacial score (nSPS) is 11.9. The van der Waals surface area contributed by atoms with E-state index < -0.39 is 11.7 Å². The fraction of sp³-hybridized carbons (Fsp3) is 0.714. The average molecular weight is 270 g/mol. The summed E-state index contributed by atoms with van der Waals surface area (Å²) < 4.78 is 5.10. The van der Waals surface area contributed by atoms with Crippen LogP contribution in [0.3, 0.4) is 0 Å². The molecular formula is C14H26N2O3. The van der Waals surface area contributed by atoms with Crippen molar-refractivity contribution in [2.75, 3.05) is 13.1 Å². The van der Waals surface area contributed by atoms with Crippen LogP contribution in [0, 0.1) is 0 Å². The molecule has 0 aliphatic rings. The molecule has 2 N–H and O–H groups in total. The summed E-state index contributed by atoms with van der Waals surface area (Å²) in [4.78, 5) is 22.7. The summed E-state index contributed by atoms with van der Waals surface area (Å²) in [6.45, 7) is 10.2. The third-order valence-electron chi connectivity index (χ3n) is 2.35. The summed E-state index contributed by atoms with van der Waals surface area (Å²) >= 11 is 0. The van der Waals surface area contributed by atoms with Crippen LogP contribution in [-0.4, -0.2) is 30.7 Å². The molecule has 0 heterocycles. The molecular weight excluding hydrogens is 244 g/mol. The minimum Gasteiger partial charge on any atom is -0.444 e. The van der Waals surface area contributed by atoms with Crippen LogP contribution in [0.1, 0.15) is 47.5 Å². The highest BCUT2D eigenvalue weighted by Gasteiger charge is 2.15. The van der Waals surface area contributed by atoms with Crippen LogP contribution < -0.4 is 10.6 Å². The Morgan fingerprint density at radius 3 is 2.11 bits per heavy atom. The Labute approximate surface area is 115 Å². The zero-order valence-corrected chi connectivity index (χ0v) is 12.6. The van der Waals surface area contributed by atoms with Crippen LogP contribution in [-0.2, 0) is 9.53 Å². The quantitative estimate of drug-likeness (QED) is 0.575. The Morgan fingerprint density at radius 1 is 1.11 bits per heavy atom. The second-order valence-electron chi connectivity index (χ2n) is 5.36. The largest absolute Gasteiger partial charge is 0.444 e. The molecule has 0 spiro atoms. The zero-order valence-electron chi connectivity index (χ0n) is 12.6. The third kappa shape index (κ3) is 10.1. The molecule has 0 atom stereocenters. The number of carbonyl (C=O) groups is 2. The number of hydrogen-bond acceptors (Lipinski definition) is 3. The second-order valence-corrected chi connectivity index (χ2v) is 5.36. The molecule has 110 valence electrons. The minimum atomic E-state index is -0.470. The van der Waals surface area contributed by atoms with Gasteiger partial charge in [0.1, 0.15) is 5.60 Å². The van der Waals surface area contributed by atoms with Crippen LogP contribution in [0.5, 0.6) is 0 Å². The molecule has 0 aliphatic heterocycles. The van der Waals surface area contributed by atoms with Crippen molar-refractivity contribution >= 4 is 12.0 Å². The standard InChI is InChI=1S/C14H26N2O3/c1-6-11(2)12(17)15-9-7-8-10-16-13(18)19-14(3,4)5/h6H,7-10H2,1-5H3,(H,15,17)(H,16,18)/b11-6+. The lowest BCUT2D eigenvalue weighted by Crippen LogP contribution is -2.33. The molecule has 0 aromatic rings. The number of alkyl carbamates (subject to hydrolysis) is 1. The van der Waals surface area contributed by atoms with E-state index in [2.05, 4.69) is 10.6 Å². The van der Waals surface area contributed by atoms with E-state index in [9.17, 15) is 9.59 Å². The topological polar surface area (TPSA) is 67.4 Å². The van der Waals surface area contributed by atoms with Crippen LogP contribution >= 0.6 is 0 Å². The van der Waals surface area contributed by atoms with E-state index in [1.54, 1.807) is 13.0 Å². The maximum Gasteiger partial charge on any atom is 0.407 e. The van der Waals surface area contributed by atoms with Crippen molar-refractivity contribution in [3.05, 3.63) is 11.6 Å². The van der Waals surface area contributed by atoms with Gasteiger partial charge in [0.15, 0.2) is 0 Å². The lowest BCUT2D eigenvalue weighted by atomic mass is 10.2. The average Bonchev–Trinajstić information content (AvgIpc) is 2.29. The first-order valence-corrected chi connectivity index (χ1v) is 6.64. The molecule has 5 nitrogen and oxygen atoms in total. The number of allylic oxidation sites excluding steroid dienone is 1. The summed E-state index contributed by atoms with van der Waals surface area (Å²) in [5.41, 5.74) is 0.245. The molecule has 0 fully saturated rings. The number of rotatable bonds is 6. The van der Waals surface area contributed by atoms with Gasteiger partial charge in [-0.25, -0.2) is 4.79 Å². The number of carbonyl (C=O) groups excluding carboxylic acids is 2. The van der Waals surface area contributed by atoms with E-state index in [0.717, 1.165) is 12.8 Å². The first-order valence-electron chi connectivity index (χ1n) is 6.64. The van der Waals surface area contributed by atoms with Gasteiger partial charge >= 0.3 is 6.09 Å². The first kappa shape index (κ1) is 17.5. The van der Waals surface area contributed by atoms with Crippen molar-refractivity contribution in [2.24, 2.45) is 0 Å². The molecule has 0 aromatic heterocycles. The molecule has 0 bridgehead atoms. The number of amides is 2. The van der Waals surface area contributed by atoms with Crippen LogP contribution in [0.25, 0.3) is 0 Å². The molecule has 0 radical (unpaired) electrons. The molecule has 0 rings (SSSR count). The van der Waals surface area contributed by atoms with Crippen molar-refractivity contribution in [1.82, 2.24) is 10.6 Å². The summed E-state index contributed by atoms with van der Waals surface area (Å²) in [6, 6.07) is 0. The van der Waals surface area contributed by atoms with E-state index >= 15 is 0 Å². The van der Waals surface area contributed by atoms with Gasteiger partial charge in [-0.3, -0.25) is 4.79 Å². The smallest absolute Gasteiger partial charge is 0.407 e. The maximum absolute atomic E-state index is 11.4. The molecule has 0 saturated heterocycles. The fourth-order valence-electron chi connectivity index (χ4n) is 1.23. The van der Waals surface area contributed by atoms with Crippen LogP contribution in [0.2, 0.25) is 0 Å². The fourth-order valence-corrected chi connectivity index (χ4v) is 1.23. The molecule has 0 saturated carbocycles. The Bertz CT molecular complexity index is 330. The van der Waals surface area contributed by atoms with E-state index in [0.29, 0.717) is 18.7 Å². The van der Waals surface area contributed by atoms with Gasteiger partial charge < -0.3 is 15.4 Å². The predicted octanol–water partition coefficient (Wildman–Crippen LogP) is 2.37. The highest BCUT2D eigenvalue weighted by molar-refractivity contribution is 5.92. The Morgan fingerprint density at radius 2 is 1.63 bits per heavy atom. The second kappa shape index (κ2) is 8.56. The van der Waals surface area contributed by atoms with E-state index in [-0.39, 0.29) is 5.91 Å². The van der Waals surface area contributed by atoms with E-state index in [1.165, 1.54) is 0 Å². The third-order valence-corrected chi connectivity index (χ3v) is 2.35. The molecule has 0 aromatic carbocycles. The lowest BCUT2D eigenvalue weighted by Gasteiger charge is -2.19. The van der Waals surface area contributed by atoms with Gasteiger partial charge in [0.2, 0.25) is 5.91 Å². The molecule has 2 amide bonds. The highest BCUT2D eigenvalue weighted by atomic mass is 16.6. The summed E-state index contributed by atoms with van der Waals surface area (Å²) in [5.74, 6) is -0.0393. The Hall–Kier alpha value is -1.52. The molecule has 0 unspecified atom stereocenters. The van der Waals surface area contributed by atoms with Crippen LogP contribution in [0.15, 0.2) is 11.6 Å². The SMILES string of the molecule is C/C=C(\C)C(=O)NCCCCNC(=O)OC(C)(C)C. The van der Waals surface area contributed by atoms with Crippen molar-refractivity contribution in [3.8, 4) is 0 Å². The van der Waals surface area contributed by atoms with Crippen LogP contribution in [0.4, 0.5) is 4.79 Å². The monoisotopic (exact) mass is 270 g/mol. The van der Waals surface area contributed by atoms with Gasteiger partial charge in [0, 0.05) is 18.7 Å². The van der Waals surface area contributed by atoms with Gasteiger partial charge in [-0.15, -0.1) is 0 Å². The highest BCUT2D eigenvalue weighted by Crippen LogP contribution is 2.06. The number of unbranched alkanes of at least 4 members (excludes halogenated alkanes) is 1. The maximum atomic E-state index is 11.4. The van der Waals surface area contributed by atoms with Crippen molar-refractivity contribution in [2.45, 2.75) is 53.1 Å². The molecule has 19 heavy (non-hydrogen) atoms. The van der Waals surface area contributed by atoms with Gasteiger partial charge in [-0.2, -0.15) is 0 Å². The van der Waals surface area contributed by atoms with E-state index in [1.807, 2.05) is 27.7 Å². The van der Waals surface area contributed by atoms with Gasteiger partial charge in [0.05, 0.1) is 0 Å². The van der Waals surface area contributed by atoms with Gasteiger partial charge in [-0.1, -0.05) is 6.08 Å². The molecule has 5 heteroatoms. The Balaban J connectivity index is 3.56. The lowest BCUT2D eigenvalue weighted by molar-refractivity contribution is -0.117. The number of hydrogen-bond donors (Lipinski definition) is 2. The number of ether oxygens (including phenoxy) is 1. The van der Waals surface area contributed by atoms with Gasteiger partial charge in [0.25, 0.3) is 0 Å². The molecule has 0 aliphatic carbocycles. The summed E-state index contributed by atoms with van der Waals surface area (Å²) in [6.07, 6.45) is 2.99. The first-order chi connectivity index (χ1) is 8.76. The van der Waals surface area contributed by atoms with E-state index in [4.69, 9.17) is 4.74 Å². The summed E-state index contributed by atoms with van der Waals surface area (Å²) in [5, 5.41) is 5.48. The van der Waals surface area contributed by atoms with Crippen molar-refractivity contribution in [1.29, 1.82) is 0 Å². The zero-order chi connectivity index (χ0) is 14.9. The van der Waals surface area contributed by atoms with Gasteiger partial charge in [-0.05, 0) is 47.5 Å². The minimum absolute atomic E-state index is 0.0393. The Kier molecular flexibility index (Phi) is 7.87. The predicted molar refractivity (Wildman–Crippen MR) is 75.9 cm³/mol. The number of nitrogens with one attached hydrogen (secondary N) is 2. The van der Waals surface area contributed by atoms with Crippen molar-refractivity contribution in [3.63, 3.8) is 0 Å². The van der Waals surface area contributed by atoms with Crippen molar-refractivity contribution < 1.29 is 14.3 Å².